The van der Waals surface area contributed by atoms with Gasteiger partial charge in [-0.2, -0.15) is 0 Å². The summed E-state index contributed by atoms with van der Waals surface area (Å²) >= 11 is 0. The number of hydrogen-bond donors (Lipinski definition) is 3. The Balaban J connectivity index is 2.75. The molecule has 0 saturated carbocycles. The predicted molar refractivity (Wildman–Crippen MR) is 53.3 cm³/mol. The van der Waals surface area contributed by atoms with Crippen LogP contribution in [-0.4, -0.2) is 10.1 Å². The molecule has 0 saturated heterocycles. The molecular formula is C10H12N2O. The van der Waals surface area contributed by atoms with Crippen LogP contribution in [0.25, 0.3) is 10.9 Å². The van der Waals surface area contributed by atoms with Crippen molar-refractivity contribution in [3.63, 3.8) is 0 Å². The molecule has 0 aliphatic carbocycles. The van der Waals surface area contributed by atoms with Crippen molar-refractivity contribution in [1.29, 1.82) is 0 Å². The minimum Gasteiger partial charge on any atom is -0.389 e. The third-order valence-corrected chi connectivity index (χ3v) is 2.17. The fourth-order valence-corrected chi connectivity index (χ4v) is 1.56. The number of anilines is 1. The molecule has 68 valence electrons. The number of aromatic nitrogens is 1. The lowest BCUT2D eigenvalue weighted by atomic mass is 10.1. The molecular weight excluding hydrogens is 164 g/mol. The maximum Gasteiger partial charge on any atom is 0.101 e. The minimum absolute atomic E-state index is 0.459. The van der Waals surface area contributed by atoms with Gasteiger partial charge in [-0.1, -0.05) is 12.1 Å². The highest BCUT2D eigenvalue weighted by Crippen LogP contribution is 2.25. The zero-order valence-corrected chi connectivity index (χ0v) is 7.41. The summed E-state index contributed by atoms with van der Waals surface area (Å²) in [6, 6.07) is 7.59. The first-order chi connectivity index (χ1) is 6.18. The second-order valence-corrected chi connectivity index (χ2v) is 3.21. The predicted octanol–water partition coefficient (Wildman–Crippen LogP) is 1.80. The fourth-order valence-electron chi connectivity index (χ4n) is 1.56. The van der Waals surface area contributed by atoms with E-state index in [9.17, 15) is 5.11 Å². The van der Waals surface area contributed by atoms with Crippen molar-refractivity contribution in [1.82, 2.24) is 4.98 Å². The SMILES string of the molecule is CC(O)c1cccc2[nH]c(N)cc12. The van der Waals surface area contributed by atoms with E-state index in [2.05, 4.69) is 4.98 Å². The van der Waals surface area contributed by atoms with E-state index < -0.39 is 6.10 Å². The minimum atomic E-state index is -0.459. The molecule has 3 nitrogen and oxygen atoms in total. The summed E-state index contributed by atoms with van der Waals surface area (Å²) < 4.78 is 0. The number of aliphatic hydroxyl groups excluding tert-OH is 1. The molecule has 13 heavy (non-hydrogen) atoms. The van der Waals surface area contributed by atoms with Crippen LogP contribution >= 0.6 is 0 Å². The number of H-pyrrole nitrogens is 1. The van der Waals surface area contributed by atoms with Gasteiger partial charge in [-0.15, -0.1) is 0 Å². The Labute approximate surface area is 76.2 Å². The summed E-state index contributed by atoms with van der Waals surface area (Å²) in [6.45, 7) is 1.75. The molecule has 0 aliphatic rings. The summed E-state index contributed by atoms with van der Waals surface area (Å²) in [4.78, 5) is 3.02. The number of nitrogens with one attached hydrogen (secondary N) is 1. The Kier molecular flexibility index (Phi) is 1.74. The maximum atomic E-state index is 9.48. The van der Waals surface area contributed by atoms with Crippen LogP contribution in [0.3, 0.4) is 0 Å². The first-order valence-electron chi connectivity index (χ1n) is 4.23. The van der Waals surface area contributed by atoms with Gasteiger partial charge in [0.25, 0.3) is 0 Å². The van der Waals surface area contributed by atoms with E-state index in [4.69, 9.17) is 5.73 Å². The Bertz CT molecular complexity index is 431. The van der Waals surface area contributed by atoms with Gasteiger partial charge in [-0.25, -0.2) is 0 Å². The van der Waals surface area contributed by atoms with Gasteiger partial charge in [-0.3, -0.25) is 0 Å². The highest BCUT2D eigenvalue weighted by Gasteiger charge is 2.07. The summed E-state index contributed by atoms with van der Waals surface area (Å²) in [6.07, 6.45) is -0.459. The molecule has 0 amide bonds. The van der Waals surface area contributed by atoms with E-state index in [-0.39, 0.29) is 0 Å². The normalized spacial score (nSPS) is 13.4. The first kappa shape index (κ1) is 8.13. The second kappa shape index (κ2) is 2.78. The third kappa shape index (κ3) is 1.27. The van der Waals surface area contributed by atoms with Crippen LogP contribution in [0.15, 0.2) is 24.3 Å². The molecule has 1 unspecified atom stereocenters. The molecule has 2 aromatic rings. The van der Waals surface area contributed by atoms with E-state index in [0.717, 1.165) is 16.5 Å². The van der Waals surface area contributed by atoms with Gasteiger partial charge < -0.3 is 15.8 Å². The highest BCUT2D eigenvalue weighted by molar-refractivity contribution is 5.86. The average molecular weight is 176 g/mol. The van der Waals surface area contributed by atoms with Crippen molar-refractivity contribution >= 4 is 16.7 Å². The maximum absolute atomic E-state index is 9.48. The summed E-state index contributed by atoms with van der Waals surface area (Å²) in [5, 5.41) is 10.5. The molecule has 1 aromatic carbocycles. The molecule has 1 heterocycles. The number of benzene rings is 1. The summed E-state index contributed by atoms with van der Waals surface area (Å²) in [5.41, 5.74) is 7.50. The van der Waals surface area contributed by atoms with Crippen LogP contribution in [0.4, 0.5) is 5.82 Å². The van der Waals surface area contributed by atoms with E-state index in [1.807, 2.05) is 24.3 Å². The molecule has 3 heteroatoms. The van der Waals surface area contributed by atoms with E-state index in [1.54, 1.807) is 6.92 Å². The van der Waals surface area contributed by atoms with Crippen LogP contribution in [0.5, 0.6) is 0 Å². The van der Waals surface area contributed by atoms with Crippen molar-refractivity contribution < 1.29 is 5.11 Å². The zero-order valence-electron chi connectivity index (χ0n) is 7.41. The van der Waals surface area contributed by atoms with E-state index >= 15 is 0 Å². The lowest BCUT2D eigenvalue weighted by Crippen LogP contribution is -1.90. The van der Waals surface area contributed by atoms with Crippen LogP contribution in [-0.2, 0) is 0 Å². The van der Waals surface area contributed by atoms with E-state index in [1.165, 1.54) is 0 Å². The second-order valence-electron chi connectivity index (χ2n) is 3.21. The average Bonchev–Trinajstić information content (AvgIpc) is 2.43. The van der Waals surface area contributed by atoms with E-state index in [0.29, 0.717) is 5.82 Å². The Morgan fingerprint density at radius 2 is 2.23 bits per heavy atom. The summed E-state index contributed by atoms with van der Waals surface area (Å²) in [5.74, 6) is 0.628. The number of rotatable bonds is 1. The molecule has 2 rings (SSSR count). The smallest absolute Gasteiger partial charge is 0.101 e. The van der Waals surface area contributed by atoms with Crippen molar-refractivity contribution in [2.75, 3.05) is 5.73 Å². The Hall–Kier alpha value is -1.48. The zero-order chi connectivity index (χ0) is 9.42. The van der Waals surface area contributed by atoms with Gasteiger partial charge >= 0.3 is 0 Å². The van der Waals surface area contributed by atoms with Crippen molar-refractivity contribution in [3.8, 4) is 0 Å². The van der Waals surface area contributed by atoms with Gasteiger partial charge in [0.1, 0.15) is 5.82 Å². The molecule has 0 fully saturated rings. The molecule has 0 bridgehead atoms. The van der Waals surface area contributed by atoms with Crippen LogP contribution in [0.1, 0.15) is 18.6 Å². The number of hydrogen-bond acceptors (Lipinski definition) is 2. The fraction of sp³-hybridized carbons (Fsp3) is 0.200. The highest BCUT2D eigenvalue weighted by atomic mass is 16.3. The van der Waals surface area contributed by atoms with Gasteiger partial charge in [0.05, 0.1) is 6.10 Å². The van der Waals surface area contributed by atoms with Gasteiger partial charge in [-0.05, 0) is 24.6 Å². The van der Waals surface area contributed by atoms with Crippen molar-refractivity contribution in [3.05, 3.63) is 29.8 Å². The monoisotopic (exact) mass is 176 g/mol. The number of aliphatic hydroxyl groups is 1. The quantitative estimate of drug-likeness (QED) is 0.620. The molecule has 0 spiro atoms. The number of fused-ring (bicyclic) bond motifs is 1. The van der Waals surface area contributed by atoms with Crippen LogP contribution in [0.2, 0.25) is 0 Å². The number of nitrogen functional groups attached to an aromatic ring is 1. The van der Waals surface area contributed by atoms with Gasteiger partial charge in [0.2, 0.25) is 0 Å². The standard InChI is InChI=1S/C10H12N2O/c1-6(13)7-3-2-4-9-8(7)5-10(11)12-9/h2-6,12-13H,11H2,1H3. The Morgan fingerprint density at radius 3 is 2.92 bits per heavy atom. The van der Waals surface area contributed by atoms with Crippen LogP contribution < -0.4 is 5.73 Å². The number of nitrogens with two attached hydrogens (primary N) is 1. The largest absolute Gasteiger partial charge is 0.389 e. The first-order valence-corrected chi connectivity index (χ1v) is 4.23. The molecule has 0 radical (unpaired) electrons. The lowest BCUT2D eigenvalue weighted by molar-refractivity contribution is 0.201. The van der Waals surface area contributed by atoms with Crippen molar-refractivity contribution in [2.24, 2.45) is 0 Å². The van der Waals surface area contributed by atoms with Crippen LogP contribution in [0, 0.1) is 0 Å². The molecule has 1 atom stereocenters. The topological polar surface area (TPSA) is 62.0 Å². The van der Waals surface area contributed by atoms with Gasteiger partial charge in [0.15, 0.2) is 0 Å². The number of aromatic amines is 1. The van der Waals surface area contributed by atoms with Gasteiger partial charge in [0, 0.05) is 10.9 Å². The lowest BCUT2D eigenvalue weighted by Gasteiger charge is -2.04. The summed E-state index contributed by atoms with van der Waals surface area (Å²) in [7, 11) is 0. The third-order valence-electron chi connectivity index (χ3n) is 2.17. The molecule has 4 N–H and O–H groups in total. The Morgan fingerprint density at radius 1 is 1.46 bits per heavy atom. The van der Waals surface area contributed by atoms with Crippen molar-refractivity contribution in [2.45, 2.75) is 13.0 Å². The molecule has 0 aliphatic heterocycles. The molecule has 1 aromatic heterocycles.